The molecule has 0 rings (SSSR count). The van der Waals surface area contributed by atoms with Crippen molar-refractivity contribution in [3.63, 3.8) is 0 Å². The molecule has 0 aromatic rings. The van der Waals surface area contributed by atoms with Gasteiger partial charge in [0.15, 0.2) is 0 Å². The van der Waals surface area contributed by atoms with Crippen molar-refractivity contribution in [2.75, 3.05) is 6.61 Å². The quantitative estimate of drug-likeness (QED) is 0.202. The molecule has 9 N–H and O–H groups in total. The van der Waals surface area contributed by atoms with Crippen LogP contribution in [-0.2, 0) is 24.0 Å². The van der Waals surface area contributed by atoms with E-state index < -0.39 is 66.8 Å². The van der Waals surface area contributed by atoms with Crippen LogP contribution in [0.25, 0.3) is 0 Å². The second-order valence-corrected chi connectivity index (χ2v) is 5.32. The van der Waals surface area contributed by atoms with Crippen molar-refractivity contribution in [1.82, 2.24) is 16.0 Å². The number of aliphatic hydroxyl groups is 1. The largest absolute Gasteiger partial charge is 0.480 e. The maximum atomic E-state index is 11.9. The van der Waals surface area contributed by atoms with E-state index in [-0.39, 0.29) is 0 Å². The summed E-state index contributed by atoms with van der Waals surface area (Å²) in [6, 6.07) is -4.92. The monoisotopic (exact) mass is 361 g/mol. The first-order chi connectivity index (χ1) is 11.5. The molecule has 0 fully saturated rings. The Bertz CT molecular complexity index is 539. The highest BCUT2D eigenvalue weighted by atomic mass is 16.4. The third kappa shape index (κ3) is 8.08. The number of primary amides is 1. The number of rotatable bonds is 10. The maximum absolute atomic E-state index is 11.9. The normalized spacial score (nSPS) is 15.2. The van der Waals surface area contributed by atoms with Crippen LogP contribution in [0.2, 0.25) is 0 Å². The van der Waals surface area contributed by atoms with Gasteiger partial charge in [0.1, 0.15) is 18.1 Å². The number of carbonyl (C=O) groups is 5. The number of amides is 4. The van der Waals surface area contributed by atoms with Gasteiger partial charge in [-0.3, -0.25) is 19.2 Å². The average Bonchev–Trinajstić information content (AvgIpc) is 2.50. The van der Waals surface area contributed by atoms with Crippen LogP contribution in [0.4, 0.5) is 0 Å². The number of hydrogen-bond donors (Lipinski definition) is 7. The first-order valence-corrected chi connectivity index (χ1v) is 7.28. The van der Waals surface area contributed by atoms with E-state index in [1.54, 1.807) is 0 Å². The molecule has 4 unspecified atom stereocenters. The van der Waals surface area contributed by atoms with Crippen molar-refractivity contribution >= 4 is 29.6 Å². The van der Waals surface area contributed by atoms with Gasteiger partial charge < -0.3 is 37.6 Å². The SMILES string of the molecule is CC(NC(=O)C(N)CC(N)=O)C(=O)NC(C)C(=O)NC(CO)C(=O)O. The van der Waals surface area contributed by atoms with E-state index in [9.17, 15) is 24.0 Å². The second kappa shape index (κ2) is 10.2. The number of nitrogens with two attached hydrogens (primary N) is 2. The molecule has 4 amide bonds. The van der Waals surface area contributed by atoms with E-state index in [0.717, 1.165) is 0 Å². The summed E-state index contributed by atoms with van der Waals surface area (Å²) in [7, 11) is 0. The second-order valence-electron chi connectivity index (χ2n) is 5.32. The molecular formula is C13H23N5O7. The topological polar surface area (TPSA) is 214 Å². The molecule has 0 saturated heterocycles. The van der Waals surface area contributed by atoms with Crippen molar-refractivity contribution < 1.29 is 34.2 Å². The number of aliphatic hydroxyl groups excluding tert-OH is 1. The Morgan fingerprint density at radius 3 is 1.76 bits per heavy atom. The minimum atomic E-state index is -1.50. The fourth-order valence-corrected chi connectivity index (χ4v) is 1.58. The van der Waals surface area contributed by atoms with Gasteiger partial charge in [0.2, 0.25) is 23.6 Å². The van der Waals surface area contributed by atoms with Gasteiger partial charge in [-0.2, -0.15) is 0 Å². The third-order valence-electron chi connectivity index (χ3n) is 3.06. The summed E-state index contributed by atoms with van der Waals surface area (Å²) in [4.78, 5) is 56.8. The van der Waals surface area contributed by atoms with Crippen molar-refractivity contribution in [1.29, 1.82) is 0 Å². The lowest BCUT2D eigenvalue weighted by Gasteiger charge is -2.20. The van der Waals surface area contributed by atoms with Crippen molar-refractivity contribution in [3.8, 4) is 0 Å². The van der Waals surface area contributed by atoms with Gasteiger partial charge >= 0.3 is 5.97 Å². The molecule has 0 radical (unpaired) electrons. The fraction of sp³-hybridized carbons (Fsp3) is 0.615. The van der Waals surface area contributed by atoms with E-state index in [1.165, 1.54) is 13.8 Å². The lowest BCUT2D eigenvalue weighted by atomic mass is 10.1. The van der Waals surface area contributed by atoms with Crippen LogP contribution >= 0.6 is 0 Å². The highest BCUT2D eigenvalue weighted by Gasteiger charge is 2.26. The molecule has 0 aliphatic rings. The summed E-state index contributed by atoms with van der Waals surface area (Å²) in [5.41, 5.74) is 10.3. The predicted octanol–water partition coefficient (Wildman–Crippen LogP) is -4.24. The molecule has 142 valence electrons. The molecule has 0 bridgehead atoms. The maximum Gasteiger partial charge on any atom is 0.328 e. The van der Waals surface area contributed by atoms with Crippen LogP contribution in [0, 0.1) is 0 Å². The number of carbonyl (C=O) groups excluding carboxylic acids is 4. The van der Waals surface area contributed by atoms with Crippen LogP contribution in [0.1, 0.15) is 20.3 Å². The van der Waals surface area contributed by atoms with Crippen LogP contribution in [0.15, 0.2) is 0 Å². The van der Waals surface area contributed by atoms with Crippen LogP contribution < -0.4 is 27.4 Å². The average molecular weight is 361 g/mol. The first-order valence-electron chi connectivity index (χ1n) is 7.28. The zero-order valence-corrected chi connectivity index (χ0v) is 13.8. The molecule has 25 heavy (non-hydrogen) atoms. The minimum Gasteiger partial charge on any atom is -0.480 e. The van der Waals surface area contributed by atoms with E-state index in [1.807, 2.05) is 5.32 Å². The zero-order valence-electron chi connectivity index (χ0n) is 13.8. The van der Waals surface area contributed by atoms with E-state index in [0.29, 0.717) is 0 Å². The van der Waals surface area contributed by atoms with Gasteiger partial charge in [-0.1, -0.05) is 0 Å². The van der Waals surface area contributed by atoms with E-state index in [4.69, 9.17) is 21.7 Å². The lowest BCUT2D eigenvalue weighted by molar-refractivity contribution is -0.143. The van der Waals surface area contributed by atoms with Crippen molar-refractivity contribution in [3.05, 3.63) is 0 Å². The molecule has 0 aliphatic heterocycles. The minimum absolute atomic E-state index is 0.392. The summed E-state index contributed by atoms with van der Waals surface area (Å²) in [6.45, 7) is 1.80. The molecule has 0 heterocycles. The zero-order chi connectivity index (χ0) is 19.7. The molecule has 12 heteroatoms. The predicted molar refractivity (Wildman–Crippen MR) is 83.6 cm³/mol. The summed E-state index contributed by atoms with van der Waals surface area (Å²) in [6.07, 6.45) is -0.392. The Morgan fingerprint density at radius 2 is 1.36 bits per heavy atom. The van der Waals surface area contributed by atoms with E-state index >= 15 is 0 Å². The van der Waals surface area contributed by atoms with Gasteiger partial charge in [-0.15, -0.1) is 0 Å². The molecule has 0 saturated carbocycles. The molecule has 4 atom stereocenters. The third-order valence-corrected chi connectivity index (χ3v) is 3.06. The summed E-state index contributed by atoms with van der Waals surface area (Å²) < 4.78 is 0. The number of carboxylic acids is 1. The number of carboxylic acid groups (broad SMARTS) is 1. The molecule has 0 aliphatic carbocycles. The highest BCUT2D eigenvalue weighted by Crippen LogP contribution is 1.93. The van der Waals surface area contributed by atoms with Gasteiger partial charge in [0, 0.05) is 0 Å². The molecule has 12 nitrogen and oxygen atoms in total. The first kappa shape index (κ1) is 22.3. The molecule has 0 aromatic carbocycles. The summed E-state index contributed by atoms with van der Waals surface area (Å²) in [5, 5.41) is 24.1. The van der Waals surface area contributed by atoms with E-state index in [2.05, 4.69) is 10.6 Å². The number of nitrogens with one attached hydrogen (secondary N) is 3. The summed E-state index contributed by atoms with van der Waals surface area (Å²) in [5.74, 6) is -4.55. The lowest BCUT2D eigenvalue weighted by Crippen LogP contribution is -2.56. The van der Waals surface area contributed by atoms with Gasteiger partial charge in [0.25, 0.3) is 0 Å². The Balaban J connectivity index is 4.55. The van der Waals surface area contributed by atoms with Crippen LogP contribution in [0.3, 0.4) is 0 Å². The molecule has 0 spiro atoms. The van der Waals surface area contributed by atoms with Crippen molar-refractivity contribution in [2.45, 2.75) is 44.4 Å². The van der Waals surface area contributed by atoms with Gasteiger partial charge in [-0.25, -0.2) is 4.79 Å². The smallest absolute Gasteiger partial charge is 0.328 e. The fourth-order valence-electron chi connectivity index (χ4n) is 1.58. The van der Waals surface area contributed by atoms with Gasteiger partial charge in [-0.05, 0) is 13.8 Å². The van der Waals surface area contributed by atoms with Crippen LogP contribution in [0.5, 0.6) is 0 Å². The number of hydrogen-bond acceptors (Lipinski definition) is 7. The number of aliphatic carboxylic acids is 1. The highest BCUT2D eigenvalue weighted by molar-refractivity contribution is 5.94. The van der Waals surface area contributed by atoms with Crippen LogP contribution in [-0.4, -0.2) is 70.6 Å². The Hall–Kier alpha value is -2.73. The Labute approximate surface area is 143 Å². The Kier molecular flexibility index (Phi) is 9.09. The summed E-state index contributed by atoms with van der Waals surface area (Å²) >= 11 is 0. The molecule has 0 aromatic heterocycles. The molecular weight excluding hydrogens is 338 g/mol. The van der Waals surface area contributed by atoms with Gasteiger partial charge in [0.05, 0.1) is 19.1 Å². The van der Waals surface area contributed by atoms with Crippen molar-refractivity contribution in [2.24, 2.45) is 11.5 Å². The Morgan fingerprint density at radius 1 is 0.920 bits per heavy atom. The standard InChI is InChI=1S/C13H23N5O7/c1-5(17-12(23)7(14)3-9(15)20)10(21)16-6(2)11(22)18-8(4-19)13(24)25/h5-8,19H,3-4,14H2,1-2H3,(H2,15,20)(H,16,21)(H,17,23)(H,18,22)(H,24,25).